The van der Waals surface area contributed by atoms with Crippen LogP contribution in [-0.2, 0) is 0 Å². The standard InChI is InChI=1S/C49H29N3S2/c1-3-13-30(14-4-1)34-18-9-10-19-35(34)33-26-28-42-41(29-33)44-39(22-12-24-43(44)53-42)48-50-47(32-16-5-2-6-17-32)51-49(52-48)40-23-11-21-37-38-27-25-31-15-7-8-20-36(31)45(38)54-46(37)40/h1-29H. The van der Waals surface area contributed by atoms with E-state index in [1.165, 1.54) is 73.4 Å². The van der Waals surface area contributed by atoms with E-state index < -0.39 is 0 Å². The number of benzene rings is 8. The summed E-state index contributed by atoms with van der Waals surface area (Å²) in [6.07, 6.45) is 0. The highest BCUT2D eigenvalue weighted by Crippen LogP contribution is 2.45. The van der Waals surface area contributed by atoms with Crippen LogP contribution in [0.2, 0.25) is 0 Å². The van der Waals surface area contributed by atoms with Gasteiger partial charge in [0.15, 0.2) is 17.5 Å². The number of rotatable bonds is 5. The highest BCUT2D eigenvalue weighted by molar-refractivity contribution is 7.27. The number of aromatic nitrogens is 3. The van der Waals surface area contributed by atoms with E-state index in [2.05, 4.69) is 158 Å². The SMILES string of the molecule is c1ccc(-c2nc(-c3cccc4c3sc3c5ccccc5ccc43)nc(-c3cccc4sc5ccc(-c6ccccc6-c6ccccc6)cc5c34)n2)cc1. The molecule has 0 aliphatic rings. The van der Waals surface area contributed by atoms with Crippen molar-refractivity contribution >= 4 is 73.8 Å². The molecule has 11 rings (SSSR count). The molecular weight excluding hydrogens is 695 g/mol. The molecule has 0 aliphatic heterocycles. The molecule has 0 radical (unpaired) electrons. The van der Waals surface area contributed by atoms with E-state index in [4.69, 9.17) is 15.0 Å². The van der Waals surface area contributed by atoms with Gasteiger partial charge in [-0.05, 0) is 57.3 Å². The van der Waals surface area contributed by atoms with Gasteiger partial charge >= 0.3 is 0 Å². The van der Waals surface area contributed by atoms with Crippen LogP contribution >= 0.6 is 22.7 Å². The molecule has 8 aromatic carbocycles. The molecule has 0 spiro atoms. The summed E-state index contributed by atoms with van der Waals surface area (Å²) in [4.78, 5) is 15.8. The van der Waals surface area contributed by atoms with E-state index in [1.807, 2.05) is 40.9 Å². The average molecular weight is 724 g/mol. The lowest BCUT2D eigenvalue weighted by Crippen LogP contribution is -2.00. The lowest BCUT2D eigenvalue weighted by Gasteiger charge is -2.11. The molecule has 0 fully saturated rings. The first-order valence-electron chi connectivity index (χ1n) is 18.0. The molecule has 0 bridgehead atoms. The molecule has 3 nitrogen and oxygen atoms in total. The normalized spacial score (nSPS) is 11.7. The van der Waals surface area contributed by atoms with Gasteiger partial charge in [0.05, 0.1) is 0 Å². The minimum atomic E-state index is 0.660. The van der Waals surface area contributed by atoms with Crippen molar-refractivity contribution in [3.8, 4) is 56.4 Å². The third-order valence-electron chi connectivity index (χ3n) is 10.4. The number of hydrogen-bond acceptors (Lipinski definition) is 5. The van der Waals surface area contributed by atoms with Crippen LogP contribution in [0.3, 0.4) is 0 Å². The molecule has 3 heterocycles. The third-order valence-corrected chi connectivity index (χ3v) is 12.8. The Hall–Kier alpha value is -6.53. The topological polar surface area (TPSA) is 38.7 Å². The zero-order valence-electron chi connectivity index (χ0n) is 28.9. The summed E-state index contributed by atoms with van der Waals surface area (Å²) in [5, 5.41) is 7.36. The lowest BCUT2D eigenvalue weighted by molar-refractivity contribution is 1.08. The molecule has 11 aromatic rings. The van der Waals surface area contributed by atoms with Gasteiger partial charge in [-0.2, -0.15) is 0 Å². The molecule has 0 amide bonds. The van der Waals surface area contributed by atoms with Gasteiger partial charge in [-0.15, -0.1) is 22.7 Å². The molecule has 0 atom stereocenters. The Morgan fingerprint density at radius 3 is 1.76 bits per heavy atom. The quantitative estimate of drug-likeness (QED) is 0.177. The first kappa shape index (κ1) is 31.0. The van der Waals surface area contributed by atoms with Crippen LogP contribution in [0.4, 0.5) is 0 Å². The fraction of sp³-hybridized carbons (Fsp3) is 0. The summed E-state index contributed by atoms with van der Waals surface area (Å²) in [7, 11) is 0. The van der Waals surface area contributed by atoms with E-state index in [-0.39, 0.29) is 0 Å². The van der Waals surface area contributed by atoms with Crippen LogP contribution in [0.25, 0.3) is 108 Å². The molecule has 252 valence electrons. The molecule has 0 aliphatic carbocycles. The Morgan fingerprint density at radius 2 is 0.926 bits per heavy atom. The summed E-state index contributed by atoms with van der Waals surface area (Å²) in [6.45, 7) is 0. The fourth-order valence-electron chi connectivity index (χ4n) is 7.82. The Labute approximate surface area is 319 Å². The maximum atomic E-state index is 5.34. The van der Waals surface area contributed by atoms with E-state index in [0.717, 1.165) is 16.7 Å². The average Bonchev–Trinajstić information content (AvgIpc) is 3.83. The van der Waals surface area contributed by atoms with Gasteiger partial charge in [0.2, 0.25) is 0 Å². The van der Waals surface area contributed by atoms with Gasteiger partial charge in [-0.1, -0.05) is 152 Å². The van der Waals surface area contributed by atoms with Crippen molar-refractivity contribution in [2.45, 2.75) is 0 Å². The van der Waals surface area contributed by atoms with Crippen LogP contribution < -0.4 is 0 Å². The van der Waals surface area contributed by atoms with Crippen molar-refractivity contribution in [2.75, 3.05) is 0 Å². The summed E-state index contributed by atoms with van der Waals surface area (Å²) in [5.41, 5.74) is 7.79. The second-order valence-electron chi connectivity index (χ2n) is 13.5. The zero-order chi connectivity index (χ0) is 35.6. The van der Waals surface area contributed by atoms with E-state index in [9.17, 15) is 0 Å². The second kappa shape index (κ2) is 12.6. The maximum absolute atomic E-state index is 5.34. The largest absolute Gasteiger partial charge is 0.208 e. The van der Waals surface area contributed by atoms with Gasteiger partial charge in [0.1, 0.15) is 0 Å². The van der Waals surface area contributed by atoms with Crippen LogP contribution in [0.5, 0.6) is 0 Å². The van der Waals surface area contributed by atoms with Crippen molar-refractivity contribution in [3.63, 3.8) is 0 Å². The molecule has 0 N–H and O–H groups in total. The van der Waals surface area contributed by atoms with Gasteiger partial charge in [-0.3, -0.25) is 0 Å². The number of fused-ring (bicyclic) bond motifs is 8. The van der Waals surface area contributed by atoms with Gasteiger partial charge in [0, 0.05) is 57.0 Å². The highest BCUT2D eigenvalue weighted by Gasteiger charge is 2.20. The lowest BCUT2D eigenvalue weighted by atomic mass is 9.93. The van der Waals surface area contributed by atoms with E-state index in [1.54, 1.807) is 0 Å². The fourth-order valence-corrected chi connectivity index (χ4v) is 10.3. The molecule has 0 saturated carbocycles. The zero-order valence-corrected chi connectivity index (χ0v) is 30.5. The highest BCUT2D eigenvalue weighted by atomic mass is 32.1. The number of nitrogens with zero attached hydrogens (tertiary/aromatic N) is 3. The molecule has 0 saturated heterocycles. The Balaban J connectivity index is 1.14. The van der Waals surface area contributed by atoms with Crippen molar-refractivity contribution < 1.29 is 0 Å². The Morgan fingerprint density at radius 1 is 0.315 bits per heavy atom. The maximum Gasteiger partial charge on any atom is 0.165 e. The Bertz CT molecular complexity index is 3220. The summed E-state index contributed by atoms with van der Waals surface area (Å²) in [5.74, 6) is 2.00. The predicted octanol–water partition coefficient (Wildman–Crippen LogP) is 14.1. The van der Waals surface area contributed by atoms with Crippen molar-refractivity contribution in [2.24, 2.45) is 0 Å². The summed E-state index contributed by atoms with van der Waals surface area (Å²) >= 11 is 3.63. The Kier molecular flexibility index (Phi) is 7.22. The number of hydrogen-bond donors (Lipinski definition) is 0. The summed E-state index contributed by atoms with van der Waals surface area (Å²) in [6, 6.07) is 62.6. The van der Waals surface area contributed by atoms with Crippen LogP contribution in [-0.4, -0.2) is 15.0 Å². The van der Waals surface area contributed by atoms with Crippen LogP contribution in [0, 0.1) is 0 Å². The molecule has 54 heavy (non-hydrogen) atoms. The second-order valence-corrected chi connectivity index (χ2v) is 15.6. The van der Waals surface area contributed by atoms with Gasteiger partial charge in [-0.25, -0.2) is 15.0 Å². The van der Waals surface area contributed by atoms with Gasteiger partial charge in [0.25, 0.3) is 0 Å². The van der Waals surface area contributed by atoms with Gasteiger partial charge < -0.3 is 0 Å². The number of thiophene rings is 2. The molecular formula is C49H29N3S2. The monoisotopic (exact) mass is 723 g/mol. The smallest absolute Gasteiger partial charge is 0.165 e. The molecule has 5 heteroatoms. The predicted molar refractivity (Wildman–Crippen MR) is 230 cm³/mol. The van der Waals surface area contributed by atoms with E-state index >= 15 is 0 Å². The minimum absolute atomic E-state index is 0.660. The van der Waals surface area contributed by atoms with Crippen LogP contribution in [0.15, 0.2) is 176 Å². The third kappa shape index (κ3) is 5.05. The molecule has 3 aromatic heterocycles. The molecule has 0 unspecified atom stereocenters. The summed E-state index contributed by atoms with van der Waals surface area (Å²) < 4.78 is 4.91. The van der Waals surface area contributed by atoms with Crippen LogP contribution in [0.1, 0.15) is 0 Å². The first-order valence-corrected chi connectivity index (χ1v) is 19.7. The van der Waals surface area contributed by atoms with Crippen molar-refractivity contribution in [1.29, 1.82) is 0 Å². The minimum Gasteiger partial charge on any atom is -0.208 e. The van der Waals surface area contributed by atoms with Crippen molar-refractivity contribution in [1.82, 2.24) is 15.0 Å². The van der Waals surface area contributed by atoms with Crippen molar-refractivity contribution in [3.05, 3.63) is 176 Å². The first-order chi connectivity index (χ1) is 26.8. The van der Waals surface area contributed by atoms with E-state index in [0.29, 0.717) is 17.5 Å².